The number of benzene rings is 1. The highest BCUT2D eigenvalue weighted by atomic mass is 35.5. The number of carbonyl (C=O) groups is 6. The Balaban J connectivity index is 1.51. The molecule has 0 spiro atoms. The first-order valence-electron chi connectivity index (χ1n) is 16.8. The monoisotopic (exact) mass is 721 g/mol. The van der Waals surface area contributed by atoms with Crippen molar-refractivity contribution in [2.75, 3.05) is 6.54 Å². The van der Waals surface area contributed by atoms with E-state index in [9.17, 15) is 28.8 Å². The van der Waals surface area contributed by atoms with Gasteiger partial charge in [-0.05, 0) is 35.7 Å². The molecule has 2 saturated carbocycles. The predicted octanol–water partition coefficient (Wildman–Crippen LogP) is 3.78. The van der Waals surface area contributed by atoms with Crippen molar-refractivity contribution in [3.05, 3.63) is 35.9 Å². The number of amides is 5. The van der Waals surface area contributed by atoms with E-state index in [1.807, 2.05) is 30.3 Å². The number of halogens is 2. The number of carbonyl (C=O) groups excluding carboxylic acids is 6. The van der Waals surface area contributed by atoms with E-state index in [0.717, 1.165) is 24.8 Å². The Kier molecular flexibility index (Phi) is 11.3. The number of rotatable bonds is 12. The second-order valence-corrected chi connectivity index (χ2v) is 17.2. The molecule has 5 amide bonds. The summed E-state index contributed by atoms with van der Waals surface area (Å²) in [5.41, 5.74) is 4.48. The number of hydrogen-bond donors (Lipinski definition) is 4. The summed E-state index contributed by atoms with van der Waals surface area (Å²) in [7, 11) is 0. The Morgan fingerprint density at radius 2 is 1.51 bits per heavy atom. The first-order valence-corrected chi connectivity index (χ1v) is 17.5. The summed E-state index contributed by atoms with van der Waals surface area (Å²) in [6, 6.07) is 3.88. The van der Waals surface area contributed by atoms with Crippen molar-refractivity contribution in [1.29, 1.82) is 0 Å². The first-order chi connectivity index (χ1) is 22.6. The Morgan fingerprint density at radius 1 is 0.939 bits per heavy atom. The molecule has 4 rings (SSSR count). The number of urea groups is 1. The molecule has 1 aromatic carbocycles. The van der Waals surface area contributed by atoms with Gasteiger partial charge >= 0.3 is 12.0 Å². The van der Waals surface area contributed by atoms with Crippen LogP contribution in [0, 0.1) is 28.6 Å². The van der Waals surface area contributed by atoms with E-state index in [2.05, 4.69) is 16.0 Å². The molecule has 0 aromatic heterocycles. The van der Waals surface area contributed by atoms with E-state index >= 15 is 0 Å². The minimum Gasteiger partial charge on any atom is -0.456 e. The molecule has 5 N–H and O–H groups in total. The van der Waals surface area contributed by atoms with Crippen LogP contribution in [-0.4, -0.2) is 75.5 Å². The van der Waals surface area contributed by atoms with E-state index < -0.39 is 92.8 Å². The van der Waals surface area contributed by atoms with Crippen molar-refractivity contribution in [2.45, 2.75) is 109 Å². The van der Waals surface area contributed by atoms with Gasteiger partial charge in [0.25, 0.3) is 5.91 Å². The maximum atomic E-state index is 14.3. The van der Waals surface area contributed by atoms with Gasteiger partial charge in [-0.3, -0.25) is 19.2 Å². The normalized spacial score (nSPS) is 23.9. The van der Waals surface area contributed by atoms with Gasteiger partial charge in [0.15, 0.2) is 0 Å². The molecule has 1 heterocycles. The number of esters is 1. The molecule has 14 heteroatoms. The number of nitrogens with one attached hydrogen (secondary N) is 3. The summed E-state index contributed by atoms with van der Waals surface area (Å²) in [6.45, 7) is 12.4. The lowest BCUT2D eigenvalue weighted by Gasteiger charge is -2.38. The van der Waals surface area contributed by atoms with E-state index in [-0.39, 0.29) is 18.9 Å². The molecule has 1 aromatic rings. The largest absolute Gasteiger partial charge is 0.456 e. The smallest absolute Gasteiger partial charge is 0.329 e. The summed E-state index contributed by atoms with van der Waals surface area (Å²) < 4.78 is 4.45. The molecule has 7 atom stereocenters. The highest BCUT2D eigenvalue weighted by Crippen LogP contribution is 2.65. The number of Topliss-reactive ketones (excluding diaryl/α,β-unsaturated/α-hetero) is 1. The van der Waals surface area contributed by atoms with Crippen LogP contribution in [0.15, 0.2) is 30.3 Å². The number of ether oxygens (including phenoxy) is 1. The number of fused-ring (bicyclic) bond motifs is 1. The average molecular weight is 723 g/mol. The van der Waals surface area contributed by atoms with Crippen molar-refractivity contribution < 1.29 is 33.5 Å². The van der Waals surface area contributed by atoms with Crippen LogP contribution >= 0.6 is 23.2 Å². The number of primary amides is 1. The van der Waals surface area contributed by atoms with Crippen LogP contribution in [0.4, 0.5) is 4.79 Å². The molecule has 3 aliphatic rings. The van der Waals surface area contributed by atoms with Crippen LogP contribution in [0.3, 0.4) is 0 Å². The van der Waals surface area contributed by atoms with E-state index in [4.69, 9.17) is 33.7 Å². The molecule has 49 heavy (non-hydrogen) atoms. The number of ketones is 1. The highest BCUT2D eigenvalue weighted by molar-refractivity contribution is 6.51. The third-order valence-corrected chi connectivity index (χ3v) is 10.9. The maximum absolute atomic E-state index is 14.3. The summed E-state index contributed by atoms with van der Waals surface area (Å²) in [4.78, 5) is 80.9. The molecule has 0 bridgehead atoms. The Hall–Kier alpha value is -3.38. The Labute approximate surface area is 297 Å². The van der Waals surface area contributed by atoms with Crippen LogP contribution in [0.2, 0.25) is 0 Å². The lowest BCUT2D eigenvalue weighted by molar-refractivity contribution is -0.153. The molecule has 0 radical (unpaired) electrons. The van der Waals surface area contributed by atoms with Crippen molar-refractivity contribution in [3.63, 3.8) is 0 Å². The van der Waals surface area contributed by atoms with Gasteiger partial charge in [0.05, 0.1) is 6.04 Å². The van der Waals surface area contributed by atoms with Gasteiger partial charge in [-0.2, -0.15) is 0 Å². The van der Waals surface area contributed by atoms with Crippen molar-refractivity contribution >= 4 is 58.7 Å². The zero-order valence-corrected chi connectivity index (χ0v) is 30.7. The molecule has 1 aliphatic heterocycles. The van der Waals surface area contributed by atoms with Crippen LogP contribution < -0.4 is 21.7 Å². The maximum Gasteiger partial charge on any atom is 0.329 e. The summed E-state index contributed by atoms with van der Waals surface area (Å²) >= 11 is 13.0. The molecule has 2 aliphatic carbocycles. The van der Waals surface area contributed by atoms with E-state index in [1.165, 1.54) is 4.90 Å². The minimum atomic E-state index is -1.27. The van der Waals surface area contributed by atoms with Gasteiger partial charge in [0.2, 0.25) is 17.6 Å². The fourth-order valence-corrected chi connectivity index (χ4v) is 7.46. The zero-order valence-electron chi connectivity index (χ0n) is 29.2. The van der Waals surface area contributed by atoms with Gasteiger partial charge in [0.1, 0.15) is 28.6 Å². The van der Waals surface area contributed by atoms with Crippen LogP contribution in [0.1, 0.15) is 85.8 Å². The lowest BCUT2D eigenvalue weighted by Crippen LogP contribution is -2.63. The minimum absolute atomic E-state index is 0.0375. The number of nitrogens with two attached hydrogens (primary N) is 1. The van der Waals surface area contributed by atoms with Gasteiger partial charge in [-0.15, -0.1) is 23.2 Å². The van der Waals surface area contributed by atoms with Crippen molar-refractivity contribution in [2.24, 2.45) is 34.3 Å². The topological polar surface area (TPSA) is 177 Å². The quantitative estimate of drug-likeness (QED) is 0.144. The first kappa shape index (κ1) is 38.4. The Morgan fingerprint density at radius 3 is 2.02 bits per heavy atom. The molecule has 12 nitrogen and oxygen atoms in total. The van der Waals surface area contributed by atoms with E-state index in [0.29, 0.717) is 0 Å². The van der Waals surface area contributed by atoms with Crippen molar-refractivity contribution in [3.8, 4) is 0 Å². The number of likely N-dealkylation sites (tertiary alicyclic amines) is 1. The van der Waals surface area contributed by atoms with Gasteiger partial charge < -0.3 is 31.3 Å². The van der Waals surface area contributed by atoms with Crippen molar-refractivity contribution in [1.82, 2.24) is 20.9 Å². The summed E-state index contributed by atoms with van der Waals surface area (Å²) in [5.74, 6) is -4.85. The number of piperidine rings is 1. The second kappa shape index (κ2) is 14.5. The standard InChI is InChI=1S/C35H49Cl2N5O7/c1-18(20-14-9-8-10-15-20)49-31(47)27(34(5,6)7)41-32(48)40-26(33(2,3)4)30(46)42-17-21-23(35(21,36)37)24(42)29(45)39-22(25(43)28(38)44)16-19-12-11-13-19/h8-10,14-15,18-19,21-24,26-27H,11-13,16-17H2,1-7H3,(H2,38,44)(H,39,45)(H2,40,41,48)/t18-,21-,22?,23-,24-,26+,27+/m0/s1. The fourth-order valence-electron chi connectivity index (χ4n) is 6.64. The van der Waals surface area contributed by atoms with Crippen LogP contribution in [-0.2, 0) is 28.7 Å². The van der Waals surface area contributed by atoms with Crippen LogP contribution in [0.25, 0.3) is 0 Å². The summed E-state index contributed by atoms with van der Waals surface area (Å²) in [6.07, 6.45) is 2.41. The second-order valence-electron chi connectivity index (χ2n) is 15.8. The highest BCUT2D eigenvalue weighted by Gasteiger charge is 2.74. The van der Waals surface area contributed by atoms with Gasteiger partial charge in [-0.25, -0.2) is 9.59 Å². The molecule has 1 saturated heterocycles. The average Bonchev–Trinajstić information content (AvgIpc) is 3.30. The molecule has 1 unspecified atom stereocenters. The predicted molar refractivity (Wildman–Crippen MR) is 184 cm³/mol. The Bertz CT molecular complexity index is 1450. The third kappa shape index (κ3) is 8.68. The van der Waals surface area contributed by atoms with Gasteiger partial charge in [-0.1, -0.05) is 91.1 Å². The van der Waals surface area contributed by atoms with Gasteiger partial charge in [0, 0.05) is 18.4 Å². The fraction of sp³-hybridized carbons (Fsp3) is 0.657. The SMILES string of the molecule is C[C@H](OC(=O)[C@@H](NC(=O)N[C@H](C(=O)N1C[C@H]2[C@@H]([C@H]1C(=O)NC(CC1CCC1)C(=O)C(N)=O)C2(Cl)Cl)C(C)(C)C)C(C)(C)C)c1ccccc1. The third-order valence-electron chi connectivity index (χ3n) is 9.88. The molecule has 3 fully saturated rings. The molecular weight excluding hydrogens is 673 g/mol. The summed E-state index contributed by atoms with van der Waals surface area (Å²) in [5, 5.41) is 8.11. The molecular formula is C35H49Cl2N5O7. The van der Waals surface area contributed by atoms with E-state index in [1.54, 1.807) is 48.5 Å². The lowest BCUT2D eigenvalue weighted by atomic mass is 9.80. The number of hydrogen-bond acceptors (Lipinski definition) is 7. The molecule has 270 valence electrons. The van der Waals surface area contributed by atoms with Crippen LogP contribution in [0.5, 0.6) is 0 Å². The number of alkyl halides is 2. The number of nitrogens with zero attached hydrogens (tertiary/aromatic N) is 1. The zero-order chi connectivity index (χ0) is 36.6.